The van der Waals surface area contributed by atoms with Crippen LogP contribution in [0.2, 0.25) is 0 Å². The molecule has 1 saturated heterocycles. The quantitative estimate of drug-likeness (QED) is 0.601. The van der Waals surface area contributed by atoms with Crippen molar-refractivity contribution in [1.82, 2.24) is 0 Å². The second-order valence-electron chi connectivity index (χ2n) is 10.9. The van der Waals surface area contributed by atoms with Crippen molar-refractivity contribution in [3.63, 3.8) is 0 Å². The first-order chi connectivity index (χ1) is 12.2. The van der Waals surface area contributed by atoms with E-state index in [9.17, 15) is 9.90 Å². The number of aliphatic hydroxyl groups is 1. The zero-order valence-electron chi connectivity index (χ0n) is 16.7. The molecule has 9 unspecified atom stereocenters. The minimum atomic E-state index is -0.162. The third-order valence-corrected chi connectivity index (χ3v) is 9.80. The van der Waals surface area contributed by atoms with E-state index in [1.165, 1.54) is 25.7 Å². The number of carbonyl (C=O) groups is 1. The molecule has 146 valence electrons. The second kappa shape index (κ2) is 5.05. The predicted octanol–water partition coefficient (Wildman–Crippen LogP) is 3.70. The van der Waals surface area contributed by atoms with Gasteiger partial charge in [-0.15, -0.1) is 0 Å². The van der Waals surface area contributed by atoms with Crippen LogP contribution >= 0.6 is 0 Å². The molecule has 5 aliphatic rings. The lowest BCUT2D eigenvalue weighted by Crippen LogP contribution is -2.64. The fourth-order valence-corrected chi connectivity index (χ4v) is 8.70. The number of esters is 1. The molecule has 26 heavy (non-hydrogen) atoms. The standard InChI is InChI=1S/C22H34O4/c1-13(24)25-17-10-16-19(2,12-23)8-5-9-20(16,3)15-7-6-14-11-22(15,17)18-21(14,4)26-18/h14-18,23H,5-12H2,1-4H3. The topological polar surface area (TPSA) is 59.1 Å². The Hall–Kier alpha value is -0.610. The van der Waals surface area contributed by atoms with Crippen LogP contribution in [0.15, 0.2) is 0 Å². The molecule has 0 amide bonds. The fraction of sp³-hybridized carbons (Fsp3) is 0.955. The average Bonchev–Trinajstić information content (AvgIpc) is 3.25. The Morgan fingerprint density at radius 1 is 1.19 bits per heavy atom. The Balaban J connectivity index is 1.62. The van der Waals surface area contributed by atoms with Crippen molar-refractivity contribution in [2.45, 2.75) is 90.4 Å². The van der Waals surface area contributed by atoms with Crippen molar-refractivity contribution in [2.75, 3.05) is 6.61 Å². The molecule has 4 nitrogen and oxygen atoms in total. The number of hydrogen-bond donors (Lipinski definition) is 1. The van der Waals surface area contributed by atoms with E-state index in [-0.39, 0.29) is 46.6 Å². The summed E-state index contributed by atoms with van der Waals surface area (Å²) in [7, 11) is 0. The molecule has 1 heterocycles. The van der Waals surface area contributed by atoms with Crippen molar-refractivity contribution in [3.05, 3.63) is 0 Å². The summed E-state index contributed by atoms with van der Waals surface area (Å²) >= 11 is 0. The molecule has 9 atom stereocenters. The minimum absolute atomic E-state index is 0.00227. The maximum atomic E-state index is 12.0. The Labute approximate surface area is 157 Å². The van der Waals surface area contributed by atoms with Gasteiger partial charge >= 0.3 is 5.97 Å². The van der Waals surface area contributed by atoms with Crippen LogP contribution in [0.3, 0.4) is 0 Å². The van der Waals surface area contributed by atoms with E-state index in [1.54, 1.807) is 6.92 Å². The first kappa shape index (κ1) is 17.5. The summed E-state index contributed by atoms with van der Waals surface area (Å²) in [5.41, 5.74) is 0.179. The monoisotopic (exact) mass is 362 g/mol. The molecular weight excluding hydrogens is 328 g/mol. The van der Waals surface area contributed by atoms with Crippen LogP contribution < -0.4 is 0 Å². The minimum Gasteiger partial charge on any atom is -0.462 e. The van der Waals surface area contributed by atoms with Crippen LogP contribution in [0.5, 0.6) is 0 Å². The van der Waals surface area contributed by atoms with E-state index in [2.05, 4.69) is 20.8 Å². The van der Waals surface area contributed by atoms with Gasteiger partial charge in [0.15, 0.2) is 0 Å². The van der Waals surface area contributed by atoms with Gasteiger partial charge in [0.25, 0.3) is 0 Å². The SMILES string of the molecule is CC(=O)OC1CC2C(C)(CO)CCCC2(C)C2CCC3CC12C1OC31C. The smallest absolute Gasteiger partial charge is 0.302 e. The number of epoxide rings is 1. The van der Waals surface area contributed by atoms with Crippen molar-refractivity contribution in [3.8, 4) is 0 Å². The van der Waals surface area contributed by atoms with Crippen molar-refractivity contribution < 1.29 is 19.4 Å². The Morgan fingerprint density at radius 2 is 1.96 bits per heavy atom. The molecule has 0 aromatic heterocycles. The Morgan fingerprint density at radius 3 is 2.65 bits per heavy atom. The van der Waals surface area contributed by atoms with Crippen molar-refractivity contribution in [2.24, 2.45) is 34.0 Å². The van der Waals surface area contributed by atoms with Gasteiger partial charge in [0, 0.05) is 18.9 Å². The molecule has 1 spiro atoms. The van der Waals surface area contributed by atoms with Gasteiger partial charge in [-0.05, 0) is 74.0 Å². The number of fused-ring (bicyclic) bond motifs is 5. The highest BCUT2D eigenvalue weighted by atomic mass is 16.6. The molecule has 0 aromatic carbocycles. The lowest BCUT2D eigenvalue weighted by molar-refractivity contribution is -0.230. The lowest BCUT2D eigenvalue weighted by Gasteiger charge is -2.66. The van der Waals surface area contributed by atoms with Crippen LogP contribution in [-0.2, 0) is 14.3 Å². The summed E-state index contributed by atoms with van der Waals surface area (Å²) in [5, 5.41) is 10.3. The average molecular weight is 363 g/mol. The van der Waals surface area contributed by atoms with Gasteiger partial charge in [-0.2, -0.15) is 0 Å². The number of carbonyl (C=O) groups excluding carboxylic acids is 1. The van der Waals surface area contributed by atoms with E-state index in [1.807, 2.05) is 0 Å². The molecule has 0 aromatic rings. The highest BCUT2D eigenvalue weighted by Crippen LogP contribution is 2.78. The summed E-state index contributed by atoms with van der Waals surface area (Å²) in [6, 6.07) is 0. The molecule has 4 aliphatic carbocycles. The van der Waals surface area contributed by atoms with E-state index in [4.69, 9.17) is 9.47 Å². The molecule has 4 saturated carbocycles. The molecular formula is C22H34O4. The molecule has 2 bridgehead atoms. The van der Waals surface area contributed by atoms with Crippen LogP contribution in [-0.4, -0.2) is 35.5 Å². The number of aliphatic hydroxyl groups excluding tert-OH is 1. The van der Waals surface area contributed by atoms with Crippen LogP contribution in [0.25, 0.3) is 0 Å². The summed E-state index contributed by atoms with van der Waals surface area (Å²) in [4.78, 5) is 12.0. The maximum Gasteiger partial charge on any atom is 0.302 e. The number of hydrogen-bond acceptors (Lipinski definition) is 4. The zero-order valence-corrected chi connectivity index (χ0v) is 16.7. The normalized spacial score (nSPS) is 59.8. The van der Waals surface area contributed by atoms with E-state index in [0.717, 1.165) is 19.3 Å². The van der Waals surface area contributed by atoms with E-state index < -0.39 is 0 Å². The van der Waals surface area contributed by atoms with Crippen LogP contribution in [0, 0.1) is 34.0 Å². The molecule has 5 fully saturated rings. The van der Waals surface area contributed by atoms with Gasteiger partial charge in [0.2, 0.25) is 0 Å². The van der Waals surface area contributed by atoms with Gasteiger partial charge in [0.1, 0.15) is 6.10 Å². The molecule has 4 heteroatoms. The summed E-state index contributed by atoms with van der Waals surface area (Å²) < 4.78 is 12.4. The molecule has 1 N–H and O–H groups in total. The van der Waals surface area contributed by atoms with Crippen LogP contribution in [0.4, 0.5) is 0 Å². The highest BCUT2D eigenvalue weighted by Gasteiger charge is 2.82. The Kier molecular flexibility index (Phi) is 3.40. The summed E-state index contributed by atoms with van der Waals surface area (Å²) in [6.07, 6.45) is 8.25. The van der Waals surface area contributed by atoms with Gasteiger partial charge < -0.3 is 14.6 Å². The van der Waals surface area contributed by atoms with E-state index >= 15 is 0 Å². The highest BCUT2D eigenvalue weighted by molar-refractivity contribution is 5.66. The van der Waals surface area contributed by atoms with Gasteiger partial charge in [-0.3, -0.25) is 4.79 Å². The van der Waals surface area contributed by atoms with Crippen molar-refractivity contribution in [1.29, 1.82) is 0 Å². The molecule has 1 aliphatic heterocycles. The third kappa shape index (κ3) is 1.86. The molecule has 0 radical (unpaired) electrons. The maximum absolute atomic E-state index is 12.0. The summed E-state index contributed by atoms with van der Waals surface area (Å²) in [6.45, 7) is 8.82. The second-order valence-corrected chi connectivity index (χ2v) is 10.9. The molecule has 5 rings (SSSR count). The first-order valence-electron chi connectivity index (χ1n) is 10.7. The lowest BCUT2D eigenvalue weighted by atomic mass is 9.40. The van der Waals surface area contributed by atoms with Gasteiger partial charge in [-0.25, -0.2) is 0 Å². The fourth-order valence-electron chi connectivity index (χ4n) is 8.70. The van der Waals surface area contributed by atoms with E-state index in [0.29, 0.717) is 17.8 Å². The third-order valence-electron chi connectivity index (χ3n) is 9.80. The predicted molar refractivity (Wildman–Crippen MR) is 97.4 cm³/mol. The number of ether oxygens (including phenoxy) is 2. The van der Waals surface area contributed by atoms with Gasteiger partial charge in [-0.1, -0.05) is 20.3 Å². The number of rotatable bonds is 2. The Bertz CT molecular complexity index is 648. The summed E-state index contributed by atoms with van der Waals surface area (Å²) in [5.74, 6) is 1.41. The van der Waals surface area contributed by atoms with Gasteiger partial charge in [0.05, 0.1) is 11.7 Å². The first-order valence-corrected chi connectivity index (χ1v) is 10.7. The largest absolute Gasteiger partial charge is 0.462 e. The van der Waals surface area contributed by atoms with Crippen molar-refractivity contribution >= 4 is 5.97 Å². The van der Waals surface area contributed by atoms with Crippen LogP contribution in [0.1, 0.15) is 72.6 Å². The zero-order chi connectivity index (χ0) is 18.5.